The summed E-state index contributed by atoms with van der Waals surface area (Å²) in [5, 5.41) is 11.6. The summed E-state index contributed by atoms with van der Waals surface area (Å²) in [7, 11) is -6.49. The van der Waals surface area contributed by atoms with Crippen molar-refractivity contribution in [3.05, 3.63) is 209 Å². The fourth-order valence-electron chi connectivity index (χ4n) is 16.7. The Morgan fingerprint density at radius 2 is 0.690 bits per heavy atom. The fraction of sp³-hybridized carbons (Fsp3) is 0.511. The van der Waals surface area contributed by atoms with Crippen LogP contribution in [0.1, 0.15) is 234 Å². The van der Waals surface area contributed by atoms with Crippen LogP contribution in [0.3, 0.4) is 0 Å². The maximum Gasteiger partial charge on any atom is 1.00 e. The number of rotatable bonds is 27. The van der Waals surface area contributed by atoms with Crippen LogP contribution < -0.4 is 48.4 Å². The number of hydrogen-bond acceptors (Lipinski definition) is 16. The number of aliphatic carboxylic acids is 1. The van der Waals surface area contributed by atoms with E-state index in [9.17, 15) is 60.9 Å². The molecule has 0 aliphatic carbocycles. The average molecular weight is 1940 g/mol. The van der Waals surface area contributed by atoms with E-state index in [2.05, 4.69) is 20.3 Å². The molecule has 22 nitrogen and oxygen atoms in total. The third kappa shape index (κ3) is 30.1. The van der Waals surface area contributed by atoms with E-state index < -0.39 is 122 Å². The molecule has 3 heterocycles. The number of benzene rings is 6. The minimum absolute atomic E-state index is 0. The van der Waals surface area contributed by atoms with Crippen LogP contribution in [0.15, 0.2) is 154 Å². The molecule has 3 unspecified atom stereocenters. The molecule has 34 heteroatoms. The van der Waals surface area contributed by atoms with Crippen LogP contribution in [-0.4, -0.2) is 156 Å². The summed E-state index contributed by atoms with van der Waals surface area (Å²) in [5.41, 5.74) is 1.80. The Bertz CT molecular complexity index is 5180. The number of hydrogen-bond donors (Lipinski definition) is 2. The Kier molecular flexibility index (Phi) is 45.0. The van der Waals surface area contributed by atoms with Gasteiger partial charge in [-0.3, -0.25) is 47.9 Å². The molecule has 6 aromatic carbocycles. The molecule has 684 valence electrons. The zero-order valence-corrected chi connectivity index (χ0v) is 85.8. The van der Waals surface area contributed by atoms with Gasteiger partial charge < -0.3 is 36.2 Å². The van der Waals surface area contributed by atoms with E-state index in [1.54, 1.807) is 127 Å². The van der Waals surface area contributed by atoms with Crippen LogP contribution in [0.2, 0.25) is 30.1 Å². The van der Waals surface area contributed by atoms with Crippen molar-refractivity contribution in [3.8, 4) is 0 Å². The second-order valence-corrected chi connectivity index (χ2v) is 46.4. The quantitative estimate of drug-likeness (QED) is 0.0275. The predicted octanol–water partition coefficient (Wildman–Crippen LogP) is 15.9. The van der Waals surface area contributed by atoms with E-state index in [0.29, 0.717) is 43.0 Å². The number of amides is 5. The van der Waals surface area contributed by atoms with Crippen molar-refractivity contribution in [3.63, 3.8) is 0 Å². The zero-order chi connectivity index (χ0) is 92.7. The van der Waals surface area contributed by atoms with Gasteiger partial charge in [0.25, 0.3) is 11.8 Å². The number of esters is 2. The topological polar surface area (TPSA) is 332 Å². The minimum atomic E-state index is -3.06. The van der Waals surface area contributed by atoms with Gasteiger partial charge in [0.05, 0.1) is 105 Å². The van der Waals surface area contributed by atoms with Gasteiger partial charge in [-0.25, -0.2) is 12.6 Å². The summed E-state index contributed by atoms with van der Waals surface area (Å²) in [6.07, 6.45) is 0.433. The molecule has 0 saturated carbocycles. The summed E-state index contributed by atoms with van der Waals surface area (Å²) in [6, 6.07) is 41.3. The fourth-order valence-corrected chi connectivity index (χ4v) is 23.4. The van der Waals surface area contributed by atoms with E-state index in [4.69, 9.17) is 83.9 Å². The smallest absolute Gasteiger partial charge is 1.00 e. The molecular weight excluding hydrogens is 1820 g/mol. The second-order valence-electron chi connectivity index (χ2n) is 34.9. The van der Waals surface area contributed by atoms with Gasteiger partial charge in [-0.05, 0) is 155 Å². The number of ether oxygens (including phenoxy) is 2. The number of likely N-dealkylation sites (tertiary alicyclic amines) is 3. The number of piperidine rings is 3. The maximum atomic E-state index is 14.7. The summed E-state index contributed by atoms with van der Waals surface area (Å²) in [4.78, 5) is 120. The van der Waals surface area contributed by atoms with Crippen molar-refractivity contribution in [2.24, 2.45) is 42.7 Å². The van der Waals surface area contributed by atoms with E-state index in [-0.39, 0.29) is 162 Å². The van der Waals surface area contributed by atoms with E-state index in [1.165, 1.54) is 35.0 Å². The van der Waals surface area contributed by atoms with E-state index in [1.807, 2.05) is 137 Å². The Hall–Kier alpha value is -5.41. The van der Waals surface area contributed by atoms with Gasteiger partial charge in [0.1, 0.15) is 0 Å². The Balaban J connectivity index is 0.000000621. The number of carbonyl (C=O) groups excluding carboxylic acids is 8. The number of carboxylic acid groups (broad SMARTS) is 1. The van der Waals surface area contributed by atoms with Crippen molar-refractivity contribution in [1.82, 2.24) is 14.7 Å². The van der Waals surface area contributed by atoms with Crippen LogP contribution >= 0.6 is 81.2 Å². The molecule has 5 amide bonds. The summed E-state index contributed by atoms with van der Waals surface area (Å²) >= 11 is 42.6. The van der Waals surface area contributed by atoms with Crippen LogP contribution in [0, 0.1) is 38.8 Å². The summed E-state index contributed by atoms with van der Waals surface area (Å²) in [6.45, 7) is 31.5. The van der Waals surface area contributed by atoms with Gasteiger partial charge in [0, 0.05) is 112 Å². The van der Waals surface area contributed by atoms with Gasteiger partial charge in [0.2, 0.25) is 23.0 Å². The first-order valence-electron chi connectivity index (χ1n) is 40.9. The van der Waals surface area contributed by atoms with Crippen LogP contribution in [-0.2, 0) is 81.8 Å². The Morgan fingerprint density at radius 3 is 0.897 bits per heavy atom. The summed E-state index contributed by atoms with van der Waals surface area (Å²) < 4.78 is 68.6. The van der Waals surface area contributed by atoms with Crippen molar-refractivity contribution >= 4 is 163 Å². The van der Waals surface area contributed by atoms with Crippen LogP contribution in [0.5, 0.6) is 0 Å². The second kappa shape index (κ2) is 49.4. The molecule has 3 aliphatic heterocycles. The normalized spacial score (nSPS) is 22.6. The standard InChI is InChI=1S/C31H40Cl2N2O5S.C30H38Cl2N2O5S.C29H38Cl2N2O4S.C2H3ClO.Li.Na.H2O.H/c1-19(2)27(18-41(39,20(3)4)34-21(5)36)35-29(22-11-13-24(32)14-12-22)26(23-9-8-10-25(33)15-23)16-31(6,30(35)38)17-28(37)40-7;1-18(2)26(17-40(39,19(3)4)33-20(5)35)34-28(21-10-12-23(31)13-11-21)25(22-8-7-9-24(32)14-22)15-30(6,29(34)38)16-27(36)37;1-18(2)25(17-38(32,36)19(3)4)33-27(20-10-12-22(30)13-11-20)24(21-8-7-9-23(31)14-21)15-29(5,28(33)35)16-26(34)37-6;1-2(3)4;;;;/h8-15,19-20,26-27,29H,16-18H2,1-7H3;7-14,18-19,25-26,28H,15-17H2,1-6H3,(H,36,37);7-14,18-19,24-25,27,32H,15-17H2,1-6H3;1H3;;;1H2;/q;;;;2*+1;;-1/p-1/t26-,27-,29-,31-,41?;25-,26-,28-,30-,40?;24-,25-,27-,29-,38?;;;;;/m111...../s1. The molecule has 126 heavy (non-hydrogen) atoms. The zero-order valence-electron chi connectivity index (χ0n) is 77.1. The monoisotopic (exact) mass is 1940 g/mol. The molecule has 3 aliphatic rings. The Labute approximate surface area is 816 Å². The van der Waals surface area contributed by atoms with Crippen molar-refractivity contribution in [2.75, 3.05) is 31.5 Å². The van der Waals surface area contributed by atoms with Crippen molar-refractivity contribution < 1.29 is 126 Å². The number of carbonyl (C=O) groups is 9. The van der Waals surface area contributed by atoms with Gasteiger partial charge in [-0.15, -0.1) is 0 Å². The molecule has 15 atom stereocenters. The number of halogens is 7. The van der Waals surface area contributed by atoms with Gasteiger partial charge in [-0.2, -0.15) is 8.73 Å². The SMILES string of the molecule is CC(=O)Cl.CC(=O)N=S(=O)(C[C@H](C(C)C)N1C(=O)[C@@](C)(CC(=O)O)C[C@H](c2cccc(Cl)c2)[C@H]1c1ccc(Cl)cc1)C(C)C.COC(=O)C[C@@]1(C)C[C@H](c2cccc(Cl)c2)[C@@H](c2ccc(Cl)cc2)N([C@H](CS(=N)(=O)C(C)C)C(C)C)C1=O.COC(=O)C[C@@]1(C)C[C@H](c2cccc(Cl)c2)[C@@H](c2ccc(Cl)cc2)N([C@H](CS(=O)(=NC(C)=O)C(C)C)C(C)C)C1=O.[H-].[Li+].[Na+].[OH-]. The molecule has 0 aromatic heterocycles. The molecule has 3 N–H and O–H groups in total. The average Bonchev–Trinajstić information content (AvgIpc) is 0.743. The molecule has 0 bridgehead atoms. The molecule has 6 aromatic rings. The third-order valence-electron chi connectivity index (χ3n) is 23.3. The number of nitrogens with one attached hydrogen (secondary N) is 1. The number of methoxy groups -OCH3 is 2. The molecule has 9 rings (SSSR count). The largest absolute Gasteiger partial charge is 1.00 e. The summed E-state index contributed by atoms with van der Waals surface area (Å²) in [5.74, 6) is -5.13. The van der Waals surface area contributed by atoms with Crippen molar-refractivity contribution in [1.29, 1.82) is 4.78 Å². The van der Waals surface area contributed by atoms with Crippen LogP contribution in [0.4, 0.5) is 0 Å². The van der Waals surface area contributed by atoms with E-state index >= 15 is 0 Å². The first-order chi connectivity index (χ1) is 57.1. The molecule has 0 spiro atoms. The molecule has 3 saturated heterocycles. The van der Waals surface area contributed by atoms with Gasteiger partial charge in [0.15, 0.2) is 0 Å². The van der Waals surface area contributed by atoms with Gasteiger partial charge >= 0.3 is 66.3 Å². The number of carboxylic acids is 1. The predicted molar refractivity (Wildman–Crippen MR) is 498 cm³/mol. The first-order valence-corrected chi connectivity index (χ1v) is 48.8. The Morgan fingerprint density at radius 1 is 0.444 bits per heavy atom. The van der Waals surface area contributed by atoms with E-state index in [0.717, 1.165) is 33.4 Å². The van der Waals surface area contributed by atoms with Crippen LogP contribution in [0.25, 0.3) is 0 Å². The van der Waals surface area contributed by atoms with Crippen molar-refractivity contribution in [2.45, 2.75) is 233 Å². The molecule has 0 radical (unpaired) electrons. The molecular formula is C92H121Cl7LiN6NaO16S3. The maximum absolute atomic E-state index is 14.7. The first kappa shape index (κ1) is 115. The third-order valence-corrected chi connectivity index (χ3v) is 32.8. The van der Waals surface area contributed by atoms with Gasteiger partial charge in [-0.1, -0.05) is 246 Å². The number of nitrogens with zero attached hydrogens (tertiary/aromatic N) is 5. The minimum Gasteiger partial charge on any atom is -1.00 e. The molecule has 3 fully saturated rings.